The monoisotopic (exact) mass is 790 g/mol. The van der Waals surface area contributed by atoms with Gasteiger partial charge in [-0.05, 0) is 87.0 Å². The van der Waals surface area contributed by atoms with Gasteiger partial charge in [-0.2, -0.15) is 0 Å². The third kappa shape index (κ3) is 8.14. The van der Waals surface area contributed by atoms with Crippen molar-refractivity contribution in [3.63, 3.8) is 0 Å². The maximum Gasteiger partial charge on any atom is 0.321 e. The molecule has 11 nitrogen and oxygen atoms in total. The van der Waals surface area contributed by atoms with Crippen LogP contribution in [0.3, 0.4) is 0 Å². The lowest BCUT2D eigenvalue weighted by Crippen LogP contribution is -2.26. The molecule has 10 bridgehead atoms. The maximum absolute atomic E-state index is 14.2. The summed E-state index contributed by atoms with van der Waals surface area (Å²) in [7, 11) is 1.38. The summed E-state index contributed by atoms with van der Waals surface area (Å²) in [6.07, 6.45) is 17.9. The van der Waals surface area contributed by atoms with Crippen molar-refractivity contribution in [3.05, 3.63) is 91.5 Å². The number of carbonyl (C=O) groups is 3. The number of nitrogens with one attached hydrogen (secondary N) is 1. The Morgan fingerprint density at radius 2 is 1.53 bits per heavy atom. The van der Waals surface area contributed by atoms with Gasteiger partial charge in [0.05, 0.1) is 47.9 Å². The van der Waals surface area contributed by atoms with Crippen molar-refractivity contribution in [2.75, 3.05) is 20.3 Å². The van der Waals surface area contributed by atoms with E-state index in [0.717, 1.165) is 121 Å². The number of esters is 3. The maximum atomic E-state index is 14.2. The summed E-state index contributed by atoms with van der Waals surface area (Å²) in [5.41, 5.74) is 11.4. The molecule has 58 heavy (non-hydrogen) atoms. The Hall–Kier alpha value is -5.06. The largest absolute Gasteiger partial charge is 0.510 e. The number of rotatable bonds is 4. The SMILES string of the molecule is CCC1=C(C)C2=NC1=CC1=C(C)C3=C(O)[C@H]4C(=O)OCCCCCCCCCCCCC(=O)OCC5=C(C)C(=NC5=C2)C=C2NC(=C4C3=N1)[C@@H](CCC(=O)OC)[C@@H]2C. The molecule has 1 fully saturated rings. The molecule has 3 atom stereocenters. The van der Waals surface area contributed by atoms with E-state index in [-0.39, 0.29) is 49.2 Å². The first-order chi connectivity index (χ1) is 28.0. The van der Waals surface area contributed by atoms with Crippen molar-refractivity contribution in [3.8, 4) is 0 Å². The smallest absolute Gasteiger partial charge is 0.321 e. The number of aliphatic hydroxyl groups is 1. The van der Waals surface area contributed by atoms with Crippen LogP contribution in [0, 0.1) is 17.8 Å². The summed E-state index contributed by atoms with van der Waals surface area (Å²) in [4.78, 5) is 55.4. The first-order valence-electron chi connectivity index (χ1n) is 21.4. The quantitative estimate of drug-likeness (QED) is 0.212. The number of ether oxygens (including phenoxy) is 3. The second-order valence-electron chi connectivity index (χ2n) is 16.5. The molecule has 1 aliphatic carbocycles. The lowest BCUT2D eigenvalue weighted by atomic mass is 9.84. The van der Waals surface area contributed by atoms with E-state index in [9.17, 15) is 19.5 Å². The second-order valence-corrected chi connectivity index (χ2v) is 16.5. The van der Waals surface area contributed by atoms with Gasteiger partial charge in [-0.15, -0.1) is 0 Å². The zero-order chi connectivity index (χ0) is 41.1. The molecule has 1 saturated heterocycles. The molecule has 0 amide bonds. The standard InChI is InChI=1S/C47H58N4O7/c1-7-30-26(2)34-23-38-32-25-58-40(53)18-16-14-12-10-8-9-11-13-15-17-21-57-47(55)43-42(45-41(46(43)54)29(5)36(51-45)24-37(30)48-34)44-31(19-20-39(52)56-6)27(3)35(50-44)22-33(49-38)28(32)4/h22-24,27,31,43,50,54H,7-21,25H2,1-6H3/t27-,31-,43-/m0/s1. The third-order valence-electron chi connectivity index (χ3n) is 12.8. The molecule has 7 aliphatic rings. The molecule has 0 radical (unpaired) electrons. The van der Waals surface area contributed by atoms with Gasteiger partial charge >= 0.3 is 17.9 Å². The number of allylic oxidation sites excluding steroid dienone is 10. The van der Waals surface area contributed by atoms with Crippen LogP contribution in [0.5, 0.6) is 0 Å². The van der Waals surface area contributed by atoms with Gasteiger partial charge in [-0.25, -0.2) is 15.0 Å². The summed E-state index contributed by atoms with van der Waals surface area (Å²) in [5.74, 6) is -2.63. The number of methoxy groups -OCH3 is 1. The van der Waals surface area contributed by atoms with Gasteiger partial charge in [0.25, 0.3) is 0 Å². The van der Waals surface area contributed by atoms with Crippen molar-refractivity contribution in [1.82, 2.24) is 5.32 Å². The number of aliphatic imine (C=N–C) groups is 3. The molecule has 308 valence electrons. The van der Waals surface area contributed by atoms with Crippen molar-refractivity contribution < 1.29 is 33.7 Å². The lowest BCUT2D eigenvalue weighted by Gasteiger charge is -2.20. The first-order valence-corrected chi connectivity index (χ1v) is 21.4. The van der Waals surface area contributed by atoms with Crippen LogP contribution in [-0.2, 0) is 28.6 Å². The predicted molar refractivity (Wildman–Crippen MR) is 225 cm³/mol. The fourth-order valence-electron chi connectivity index (χ4n) is 9.25. The van der Waals surface area contributed by atoms with Crippen LogP contribution in [0.1, 0.15) is 125 Å². The van der Waals surface area contributed by atoms with Crippen molar-refractivity contribution in [2.45, 2.75) is 125 Å². The zero-order valence-corrected chi connectivity index (χ0v) is 35.0. The second kappa shape index (κ2) is 17.8. The van der Waals surface area contributed by atoms with Gasteiger partial charge in [-0.3, -0.25) is 14.4 Å². The van der Waals surface area contributed by atoms with Gasteiger partial charge in [0, 0.05) is 52.8 Å². The van der Waals surface area contributed by atoms with Crippen molar-refractivity contribution in [2.24, 2.45) is 32.7 Å². The Labute approximate surface area is 342 Å². The molecule has 0 unspecified atom stereocenters. The van der Waals surface area contributed by atoms with Crippen LogP contribution < -0.4 is 5.32 Å². The summed E-state index contributed by atoms with van der Waals surface area (Å²) >= 11 is 0. The average Bonchev–Trinajstić information content (AvgIpc) is 3.95. The van der Waals surface area contributed by atoms with Crippen LogP contribution >= 0.6 is 0 Å². The van der Waals surface area contributed by atoms with Crippen LogP contribution in [0.2, 0.25) is 0 Å². The summed E-state index contributed by atoms with van der Waals surface area (Å²) in [5, 5.41) is 15.8. The molecular formula is C47H58N4O7. The number of fused-ring (bicyclic) bond motifs is 4. The van der Waals surface area contributed by atoms with Crippen LogP contribution in [0.25, 0.3) is 0 Å². The third-order valence-corrected chi connectivity index (χ3v) is 12.8. The number of hydrogen-bond acceptors (Lipinski definition) is 11. The van der Waals surface area contributed by atoms with E-state index in [2.05, 4.69) is 26.1 Å². The van der Waals surface area contributed by atoms with Gasteiger partial charge in [-0.1, -0.05) is 65.2 Å². The highest BCUT2D eigenvalue weighted by molar-refractivity contribution is 6.24. The highest BCUT2D eigenvalue weighted by atomic mass is 16.5. The topological polar surface area (TPSA) is 148 Å². The van der Waals surface area contributed by atoms with E-state index in [1.165, 1.54) is 7.11 Å². The van der Waals surface area contributed by atoms with Crippen molar-refractivity contribution in [1.29, 1.82) is 0 Å². The fraction of sp³-hybridized carbons (Fsp3) is 0.532. The molecule has 0 saturated carbocycles. The highest BCUT2D eigenvalue weighted by Crippen LogP contribution is 2.49. The van der Waals surface area contributed by atoms with E-state index in [1.807, 2.05) is 32.1 Å². The first kappa shape index (κ1) is 41.1. The lowest BCUT2D eigenvalue weighted by molar-refractivity contribution is -0.147. The Kier molecular flexibility index (Phi) is 12.6. The van der Waals surface area contributed by atoms with Gasteiger partial charge in [0.15, 0.2) is 0 Å². The van der Waals surface area contributed by atoms with Crippen LogP contribution in [0.15, 0.2) is 106 Å². The Bertz CT molecular complexity index is 2130. The number of hydrogen-bond donors (Lipinski definition) is 2. The molecular weight excluding hydrogens is 733 g/mol. The minimum atomic E-state index is -1.09. The molecule has 0 spiro atoms. The van der Waals surface area contributed by atoms with Gasteiger partial charge < -0.3 is 24.6 Å². The Morgan fingerprint density at radius 3 is 2.24 bits per heavy atom. The normalized spacial score (nSPS) is 26.1. The molecule has 0 aromatic heterocycles. The number of carbonyl (C=O) groups excluding carboxylic acids is 3. The van der Waals surface area contributed by atoms with E-state index in [0.29, 0.717) is 46.8 Å². The highest BCUT2D eigenvalue weighted by Gasteiger charge is 2.49. The molecule has 0 aromatic rings. The van der Waals surface area contributed by atoms with Gasteiger partial charge in [0.1, 0.15) is 18.3 Å². The molecule has 6 heterocycles. The van der Waals surface area contributed by atoms with Crippen LogP contribution in [0.4, 0.5) is 0 Å². The fourth-order valence-corrected chi connectivity index (χ4v) is 9.25. The number of cyclic esters (lactones) is 2. The summed E-state index contributed by atoms with van der Waals surface area (Å²) in [6, 6.07) is 0. The van der Waals surface area contributed by atoms with Gasteiger partial charge in [0.2, 0.25) is 0 Å². The predicted octanol–water partition coefficient (Wildman–Crippen LogP) is 9.23. The number of aliphatic hydroxyl groups excluding tert-OH is 1. The van der Waals surface area contributed by atoms with E-state index in [1.54, 1.807) is 0 Å². The molecule has 2 N–H and O–H groups in total. The summed E-state index contributed by atoms with van der Waals surface area (Å²) < 4.78 is 17.0. The van der Waals surface area contributed by atoms with Crippen LogP contribution in [-0.4, -0.2) is 60.5 Å². The average molecular weight is 791 g/mol. The minimum Gasteiger partial charge on any atom is -0.510 e. The Morgan fingerprint density at radius 1 is 0.862 bits per heavy atom. The molecule has 0 aromatic carbocycles. The van der Waals surface area contributed by atoms with E-state index >= 15 is 0 Å². The number of nitrogens with zero attached hydrogens (tertiary/aromatic N) is 3. The van der Waals surface area contributed by atoms with Crippen molar-refractivity contribution >= 4 is 35.0 Å². The summed E-state index contributed by atoms with van der Waals surface area (Å²) in [6.45, 7) is 10.5. The molecule has 7 rings (SSSR count). The Balaban J connectivity index is 1.40. The van der Waals surface area contributed by atoms with E-state index in [4.69, 9.17) is 29.2 Å². The minimum absolute atomic E-state index is 0.0752. The molecule has 6 aliphatic heterocycles. The van der Waals surface area contributed by atoms with E-state index < -0.39 is 11.9 Å². The molecule has 11 heteroatoms. The zero-order valence-electron chi connectivity index (χ0n) is 35.0.